The van der Waals surface area contributed by atoms with Gasteiger partial charge in [-0.2, -0.15) is 0 Å². The lowest BCUT2D eigenvalue weighted by molar-refractivity contribution is 0.102. The molecule has 0 saturated carbocycles. The smallest absolute Gasteiger partial charge is 0.255 e. The number of imidazole rings is 1. The Morgan fingerprint density at radius 1 is 1.03 bits per heavy atom. The second-order valence-corrected chi connectivity index (χ2v) is 9.48. The summed E-state index contributed by atoms with van der Waals surface area (Å²) in [6, 6.07) is 20.7. The number of aromatic nitrogens is 2. The first-order chi connectivity index (χ1) is 17.0. The standard InChI is InChI=1S/C29H33N5O/c1-21-6-11-27(22(2)19-21)29(35)32-24-7-9-26(10-8-24)33-17-13-23(14-18-33)30-15-12-25-20-34-16-4-3-5-28(34)31-25/h3-11,16,19-20,23,30H,12-15,17-18H2,1-2H3,(H,32,35). The number of nitrogens with one attached hydrogen (secondary N) is 2. The van der Waals surface area contributed by atoms with Crippen LogP contribution in [0.25, 0.3) is 5.65 Å². The molecule has 0 unspecified atom stereocenters. The van der Waals surface area contributed by atoms with Crippen molar-refractivity contribution in [2.45, 2.75) is 39.2 Å². The number of hydrogen-bond donors (Lipinski definition) is 2. The molecule has 0 radical (unpaired) electrons. The lowest BCUT2D eigenvalue weighted by Gasteiger charge is -2.34. The van der Waals surface area contributed by atoms with Crippen LogP contribution in [0.4, 0.5) is 11.4 Å². The zero-order chi connectivity index (χ0) is 24.2. The third-order valence-electron chi connectivity index (χ3n) is 6.84. The maximum Gasteiger partial charge on any atom is 0.255 e. The maximum absolute atomic E-state index is 12.7. The van der Waals surface area contributed by atoms with Gasteiger partial charge in [0.25, 0.3) is 5.91 Å². The van der Waals surface area contributed by atoms with Crippen LogP contribution >= 0.6 is 0 Å². The van der Waals surface area contributed by atoms with Gasteiger partial charge < -0.3 is 19.9 Å². The molecule has 6 heteroatoms. The van der Waals surface area contributed by atoms with Crippen LogP contribution in [-0.2, 0) is 6.42 Å². The molecule has 2 aromatic heterocycles. The van der Waals surface area contributed by atoms with Crippen LogP contribution in [0.5, 0.6) is 0 Å². The zero-order valence-electron chi connectivity index (χ0n) is 20.5. The van der Waals surface area contributed by atoms with Crippen LogP contribution in [0.2, 0.25) is 0 Å². The topological polar surface area (TPSA) is 61.7 Å². The monoisotopic (exact) mass is 467 g/mol. The highest BCUT2D eigenvalue weighted by molar-refractivity contribution is 6.05. The van der Waals surface area contributed by atoms with Gasteiger partial charge in [0.05, 0.1) is 5.69 Å². The molecule has 1 fully saturated rings. The average Bonchev–Trinajstić information content (AvgIpc) is 3.28. The number of aryl methyl sites for hydroxylation is 2. The van der Waals surface area contributed by atoms with Gasteiger partial charge in [0, 0.05) is 61.4 Å². The van der Waals surface area contributed by atoms with E-state index in [4.69, 9.17) is 0 Å². The minimum Gasteiger partial charge on any atom is -0.371 e. The van der Waals surface area contributed by atoms with Gasteiger partial charge in [-0.15, -0.1) is 0 Å². The van der Waals surface area contributed by atoms with E-state index < -0.39 is 0 Å². The Labute approximate surface area is 207 Å². The highest BCUT2D eigenvalue weighted by atomic mass is 16.1. The second-order valence-electron chi connectivity index (χ2n) is 9.48. The predicted octanol–water partition coefficient (Wildman–Crippen LogP) is 5.00. The van der Waals surface area contributed by atoms with Gasteiger partial charge >= 0.3 is 0 Å². The van der Waals surface area contributed by atoms with Gasteiger partial charge in [-0.25, -0.2) is 4.98 Å². The number of pyridine rings is 1. The van der Waals surface area contributed by atoms with E-state index in [-0.39, 0.29) is 5.91 Å². The Bertz CT molecular complexity index is 1270. The average molecular weight is 468 g/mol. The first-order valence-corrected chi connectivity index (χ1v) is 12.4. The van der Waals surface area contributed by atoms with Crippen molar-refractivity contribution in [1.82, 2.24) is 14.7 Å². The second kappa shape index (κ2) is 10.3. The Kier molecular flexibility index (Phi) is 6.82. The molecule has 1 aliphatic rings. The van der Waals surface area contributed by atoms with Gasteiger partial charge in [0.15, 0.2) is 0 Å². The summed E-state index contributed by atoms with van der Waals surface area (Å²) in [5, 5.41) is 6.74. The van der Waals surface area contributed by atoms with E-state index in [0.29, 0.717) is 6.04 Å². The van der Waals surface area contributed by atoms with Gasteiger partial charge in [-0.3, -0.25) is 4.79 Å². The first kappa shape index (κ1) is 23.1. The van der Waals surface area contributed by atoms with Gasteiger partial charge in [-0.1, -0.05) is 23.8 Å². The van der Waals surface area contributed by atoms with Crippen molar-refractivity contribution in [3.63, 3.8) is 0 Å². The Morgan fingerprint density at radius 2 is 1.83 bits per heavy atom. The number of fused-ring (bicyclic) bond motifs is 1. The van der Waals surface area contributed by atoms with Gasteiger partial charge in [0.1, 0.15) is 5.65 Å². The third kappa shape index (κ3) is 5.54. The van der Waals surface area contributed by atoms with Crippen molar-refractivity contribution in [1.29, 1.82) is 0 Å². The van der Waals surface area contributed by atoms with Crippen LogP contribution in [-0.4, -0.2) is 41.0 Å². The fraction of sp³-hybridized carbons (Fsp3) is 0.310. The number of anilines is 2. The molecule has 180 valence electrons. The molecule has 2 N–H and O–H groups in total. The molecule has 2 aromatic carbocycles. The van der Waals surface area contributed by atoms with E-state index in [1.54, 1.807) is 0 Å². The Hall–Kier alpha value is -3.64. The van der Waals surface area contributed by atoms with Gasteiger partial charge in [0.2, 0.25) is 0 Å². The Morgan fingerprint density at radius 3 is 2.57 bits per heavy atom. The fourth-order valence-corrected chi connectivity index (χ4v) is 4.88. The van der Waals surface area contributed by atoms with E-state index in [1.807, 2.05) is 68.6 Å². The number of amides is 1. The van der Waals surface area contributed by atoms with Crippen LogP contribution in [0.1, 0.15) is 40.0 Å². The summed E-state index contributed by atoms with van der Waals surface area (Å²) in [5.41, 5.74) is 7.04. The van der Waals surface area contributed by atoms with E-state index in [2.05, 4.69) is 43.2 Å². The lowest BCUT2D eigenvalue weighted by atomic mass is 10.0. The largest absolute Gasteiger partial charge is 0.371 e. The number of benzene rings is 2. The summed E-state index contributed by atoms with van der Waals surface area (Å²) in [6.07, 6.45) is 7.35. The normalized spacial score (nSPS) is 14.4. The van der Waals surface area contributed by atoms with Crippen molar-refractivity contribution in [3.8, 4) is 0 Å². The zero-order valence-corrected chi connectivity index (χ0v) is 20.5. The molecule has 0 spiro atoms. The molecule has 6 nitrogen and oxygen atoms in total. The van der Waals surface area contributed by atoms with Gasteiger partial charge in [-0.05, 0) is 74.7 Å². The molecule has 0 atom stereocenters. The van der Waals surface area contributed by atoms with Crippen LogP contribution in [0.15, 0.2) is 73.1 Å². The highest BCUT2D eigenvalue weighted by Gasteiger charge is 2.19. The Balaban J connectivity index is 1.08. The predicted molar refractivity (Wildman–Crippen MR) is 142 cm³/mol. The number of piperidine rings is 1. The molecule has 1 aliphatic heterocycles. The van der Waals surface area contributed by atoms with Crippen LogP contribution < -0.4 is 15.5 Å². The minimum atomic E-state index is -0.0641. The third-order valence-corrected chi connectivity index (χ3v) is 6.84. The van der Waals surface area contributed by atoms with Crippen molar-refractivity contribution < 1.29 is 4.79 Å². The van der Waals surface area contributed by atoms with Crippen molar-refractivity contribution in [2.24, 2.45) is 0 Å². The number of nitrogens with zero attached hydrogens (tertiary/aromatic N) is 3. The summed E-state index contributed by atoms with van der Waals surface area (Å²) in [4.78, 5) is 19.8. The maximum atomic E-state index is 12.7. The van der Waals surface area contributed by atoms with Crippen LogP contribution in [0, 0.1) is 13.8 Å². The molecular weight excluding hydrogens is 434 g/mol. The summed E-state index contributed by atoms with van der Waals surface area (Å²) in [6.45, 7) is 7.02. The van der Waals surface area contributed by atoms with Crippen molar-refractivity contribution in [2.75, 3.05) is 29.9 Å². The number of rotatable bonds is 7. The number of carbonyl (C=O) groups excluding carboxylic acids is 1. The SMILES string of the molecule is Cc1ccc(C(=O)Nc2ccc(N3CCC(NCCc4cn5ccccc5n4)CC3)cc2)c(C)c1. The molecule has 3 heterocycles. The summed E-state index contributed by atoms with van der Waals surface area (Å²) >= 11 is 0. The van der Waals surface area contributed by atoms with E-state index >= 15 is 0 Å². The summed E-state index contributed by atoms with van der Waals surface area (Å²) < 4.78 is 2.08. The number of carbonyl (C=O) groups is 1. The minimum absolute atomic E-state index is 0.0641. The molecule has 5 rings (SSSR count). The summed E-state index contributed by atoms with van der Waals surface area (Å²) in [5.74, 6) is -0.0641. The molecule has 1 amide bonds. The van der Waals surface area contributed by atoms with Crippen molar-refractivity contribution in [3.05, 3.63) is 95.4 Å². The molecule has 0 bridgehead atoms. The number of hydrogen-bond acceptors (Lipinski definition) is 4. The van der Waals surface area contributed by atoms with E-state index in [1.165, 1.54) is 5.69 Å². The fourth-order valence-electron chi connectivity index (χ4n) is 4.88. The highest BCUT2D eigenvalue weighted by Crippen LogP contribution is 2.23. The molecular formula is C29H33N5O. The molecule has 35 heavy (non-hydrogen) atoms. The van der Waals surface area contributed by atoms with Crippen molar-refractivity contribution >= 4 is 22.9 Å². The summed E-state index contributed by atoms with van der Waals surface area (Å²) in [7, 11) is 0. The van der Waals surface area contributed by atoms with Crippen LogP contribution in [0.3, 0.4) is 0 Å². The lowest BCUT2D eigenvalue weighted by Crippen LogP contribution is -2.43. The van der Waals surface area contributed by atoms with E-state index in [0.717, 1.165) is 72.6 Å². The molecule has 0 aliphatic carbocycles. The molecule has 1 saturated heterocycles. The first-order valence-electron chi connectivity index (χ1n) is 12.4. The molecule has 4 aromatic rings. The van der Waals surface area contributed by atoms with E-state index in [9.17, 15) is 4.79 Å². The quantitative estimate of drug-likeness (QED) is 0.401.